The minimum absolute atomic E-state index is 0.0161. The molecule has 2 atom stereocenters. The number of amides is 3. The van der Waals surface area contributed by atoms with Gasteiger partial charge in [-0.25, -0.2) is 4.39 Å². The predicted octanol–water partition coefficient (Wildman–Crippen LogP) is 2.60. The summed E-state index contributed by atoms with van der Waals surface area (Å²) in [7, 11) is 1.54. The van der Waals surface area contributed by atoms with Gasteiger partial charge in [0.25, 0.3) is 11.8 Å². The maximum Gasteiger partial charge on any atom is 0.256 e. The van der Waals surface area contributed by atoms with Gasteiger partial charge in [0.15, 0.2) is 0 Å². The molecule has 5 rings (SSSR count). The topological polar surface area (TPSA) is 97.4 Å². The Labute approximate surface area is 220 Å². The van der Waals surface area contributed by atoms with Crippen molar-refractivity contribution in [3.05, 3.63) is 65.5 Å². The fourth-order valence-corrected chi connectivity index (χ4v) is 5.46. The molecule has 1 N–H and O–H groups in total. The van der Waals surface area contributed by atoms with Crippen molar-refractivity contribution in [1.82, 2.24) is 15.1 Å². The van der Waals surface area contributed by atoms with Gasteiger partial charge in [-0.15, -0.1) is 0 Å². The fourth-order valence-electron chi connectivity index (χ4n) is 5.46. The largest absolute Gasteiger partial charge is 0.497 e. The average Bonchev–Trinajstić information content (AvgIpc) is 3.60. The first-order valence-corrected chi connectivity index (χ1v) is 13.0. The number of nitrogens with zero attached hydrogens (tertiary/aromatic N) is 2. The molecule has 1 spiro atoms. The molecule has 38 heavy (non-hydrogen) atoms. The van der Waals surface area contributed by atoms with Crippen LogP contribution in [-0.2, 0) is 14.3 Å². The highest BCUT2D eigenvalue weighted by Gasteiger charge is 2.54. The van der Waals surface area contributed by atoms with Crippen molar-refractivity contribution in [3.63, 3.8) is 0 Å². The van der Waals surface area contributed by atoms with Gasteiger partial charge in [-0.2, -0.15) is 0 Å². The number of hydrogen-bond donors (Lipinski definition) is 1. The Morgan fingerprint density at radius 1 is 1.08 bits per heavy atom. The van der Waals surface area contributed by atoms with Gasteiger partial charge < -0.3 is 24.4 Å². The SMILES string of the molecule is COc1cccc(C(=O)N2CCC3(CC2)OCC(C(=O)NCC2CCCO2)N3C(=O)c2cccc(F)c2)c1. The van der Waals surface area contributed by atoms with Crippen molar-refractivity contribution in [1.29, 1.82) is 0 Å². The number of rotatable bonds is 6. The van der Waals surface area contributed by atoms with E-state index in [0.29, 0.717) is 50.4 Å². The molecular formula is C28H32FN3O6. The minimum Gasteiger partial charge on any atom is -0.497 e. The first-order chi connectivity index (χ1) is 18.4. The smallest absolute Gasteiger partial charge is 0.256 e. The van der Waals surface area contributed by atoms with E-state index in [1.807, 2.05) is 0 Å². The molecule has 3 heterocycles. The molecule has 0 saturated carbocycles. The zero-order valence-corrected chi connectivity index (χ0v) is 21.4. The van der Waals surface area contributed by atoms with Crippen molar-refractivity contribution >= 4 is 17.7 Å². The molecule has 3 amide bonds. The Morgan fingerprint density at radius 2 is 1.82 bits per heavy atom. The van der Waals surface area contributed by atoms with Crippen LogP contribution in [-0.4, -0.2) is 85.3 Å². The number of halogens is 1. The molecule has 2 unspecified atom stereocenters. The van der Waals surface area contributed by atoms with Crippen molar-refractivity contribution in [2.24, 2.45) is 0 Å². The maximum atomic E-state index is 14.0. The molecule has 3 aliphatic heterocycles. The van der Waals surface area contributed by atoms with Crippen LogP contribution in [0.4, 0.5) is 4.39 Å². The molecule has 0 aromatic heterocycles. The van der Waals surface area contributed by atoms with Gasteiger partial charge in [0.1, 0.15) is 23.3 Å². The van der Waals surface area contributed by atoms with Crippen LogP contribution in [0.5, 0.6) is 5.75 Å². The quantitative estimate of drug-likeness (QED) is 0.623. The van der Waals surface area contributed by atoms with Crippen LogP contribution >= 0.6 is 0 Å². The summed E-state index contributed by atoms with van der Waals surface area (Å²) in [5.41, 5.74) is -0.436. The van der Waals surface area contributed by atoms with Gasteiger partial charge in [0, 0.05) is 50.2 Å². The number of benzene rings is 2. The van der Waals surface area contributed by atoms with Crippen molar-refractivity contribution in [3.8, 4) is 5.75 Å². The Hall–Kier alpha value is -3.50. The summed E-state index contributed by atoms with van der Waals surface area (Å²) in [4.78, 5) is 43.3. The first kappa shape index (κ1) is 26.1. The number of piperidine rings is 1. The van der Waals surface area contributed by atoms with E-state index in [0.717, 1.165) is 18.9 Å². The summed E-state index contributed by atoms with van der Waals surface area (Å²) in [5.74, 6) is -0.912. The van der Waals surface area contributed by atoms with Gasteiger partial charge in [-0.1, -0.05) is 12.1 Å². The Balaban J connectivity index is 1.34. The second-order valence-corrected chi connectivity index (χ2v) is 9.86. The second kappa shape index (κ2) is 11.1. The van der Waals surface area contributed by atoms with Crippen LogP contribution in [0.15, 0.2) is 48.5 Å². The summed E-state index contributed by atoms with van der Waals surface area (Å²) < 4.78 is 31.1. The van der Waals surface area contributed by atoms with Crippen LogP contribution in [0, 0.1) is 5.82 Å². The lowest BCUT2D eigenvalue weighted by Gasteiger charge is -2.44. The number of likely N-dealkylation sites (tertiary alicyclic amines) is 1. The fraction of sp³-hybridized carbons (Fsp3) is 0.464. The van der Waals surface area contributed by atoms with Crippen LogP contribution in [0.3, 0.4) is 0 Å². The number of nitrogens with one attached hydrogen (secondary N) is 1. The third-order valence-electron chi connectivity index (χ3n) is 7.53. The Morgan fingerprint density at radius 3 is 2.50 bits per heavy atom. The maximum absolute atomic E-state index is 14.0. The third-order valence-corrected chi connectivity index (χ3v) is 7.53. The standard InChI is InChI=1S/C28H32FN3O6/c1-36-22-8-3-6-20(16-22)26(34)31-12-10-28(11-13-31)32(27(35)19-5-2-7-21(29)15-19)24(18-38-28)25(33)30-17-23-9-4-14-37-23/h2-3,5-8,15-16,23-24H,4,9-14,17-18H2,1H3,(H,30,33). The molecule has 0 aliphatic carbocycles. The van der Waals surface area contributed by atoms with Crippen LogP contribution in [0.25, 0.3) is 0 Å². The number of carbonyl (C=O) groups is 3. The molecular weight excluding hydrogens is 493 g/mol. The lowest BCUT2D eigenvalue weighted by atomic mass is 9.96. The molecule has 10 heteroatoms. The predicted molar refractivity (Wildman–Crippen MR) is 135 cm³/mol. The zero-order chi connectivity index (χ0) is 26.7. The molecule has 3 saturated heterocycles. The van der Waals surface area contributed by atoms with Gasteiger partial charge in [-0.3, -0.25) is 19.3 Å². The van der Waals surface area contributed by atoms with E-state index in [1.165, 1.54) is 23.1 Å². The Bertz CT molecular complexity index is 1190. The summed E-state index contributed by atoms with van der Waals surface area (Å²) in [6.45, 7) is 1.70. The molecule has 3 aliphatic rings. The molecule has 9 nitrogen and oxygen atoms in total. The summed E-state index contributed by atoms with van der Waals surface area (Å²) >= 11 is 0. The van der Waals surface area contributed by atoms with E-state index in [2.05, 4.69) is 5.32 Å². The van der Waals surface area contributed by atoms with E-state index in [1.54, 1.807) is 36.3 Å². The highest BCUT2D eigenvalue weighted by molar-refractivity contribution is 5.98. The molecule has 0 bridgehead atoms. The zero-order valence-electron chi connectivity index (χ0n) is 21.4. The molecule has 0 radical (unpaired) electrons. The molecule has 202 valence electrons. The normalized spacial score (nSPS) is 22.5. The van der Waals surface area contributed by atoms with Gasteiger partial charge in [-0.05, 0) is 49.2 Å². The minimum atomic E-state index is -1.08. The van der Waals surface area contributed by atoms with E-state index < -0.39 is 23.5 Å². The monoisotopic (exact) mass is 525 g/mol. The number of methoxy groups -OCH3 is 1. The molecule has 3 fully saturated rings. The highest BCUT2D eigenvalue weighted by atomic mass is 19.1. The second-order valence-electron chi connectivity index (χ2n) is 9.86. The van der Waals surface area contributed by atoms with Crippen molar-refractivity contribution in [2.45, 2.75) is 43.6 Å². The van der Waals surface area contributed by atoms with Crippen molar-refractivity contribution in [2.75, 3.05) is 40.0 Å². The van der Waals surface area contributed by atoms with E-state index in [-0.39, 0.29) is 30.1 Å². The van der Waals surface area contributed by atoms with Crippen LogP contribution in [0.2, 0.25) is 0 Å². The first-order valence-electron chi connectivity index (χ1n) is 13.0. The van der Waals surface area contributed by atoms with E-state index in [9.17, 15) is 18.8 Å². The van der Waals surface area contributed by atoms with Gasteiger partial charge in [0.2, 0.25) is 5.91 Å². The highest BCUT2D eigenvalue weighted by Crippen LogP contribution is 2.39. The van der Waals surface area contributed by atoms with Crippen LogP contribution in [0.1, 0.15) is 46.4 Å². The summed E-state index contributed by atoms with van der Waals surface area (Å²) in [6.07, 6.45) is 2.41. The summed E-state index contributed by atoms with van der Waals surface area (Å²) in [5, 5.41) is 2.91. The Kier molecular flexibility index (Phi) is 7.62. The molecule has 2 aromatic carbocycles. The molecule has 2 aromatic rings. The average molecular weight is 526 g/mol. The lowest BCUT2D eigenvalue weighted by Crippen LogP contribution is -2.60. The lowest BCUT2D eigenvalue weighted by molar-refractivity contribution is -0.128. The van der Waals surface area contributed by atoms with Crippen LogP contribution < -0.4 is 10.1 Å². The van der Waals surface area contributed by atoms with Crippen molar-refractivity contribution < 1.29 is 33.0 Å². The number of hydrogen-bond acceptors (Lipinski definition) is 6. The van der Waals surface area contributed by atoms with Gasteiger partial charge >= 0.3 is 0 Å². The van der Waals surface area contributed by atoms with E-state index in [4.69, 9.17) is 14.2 Å². The third kappa shape index (κ3) is 5.23. The summed E-state index contributed by atoms with van der Waals surface area (Å²) in [6, 6.07) is 11.5. The number of ether oxygens (including phenoxy) is 3. The van der Waals surface area contributed by atoms with E-state index >= 15 is 0 Å². The van der Waals surface area contributed by atoms with Gasteiger partial charge in [0.05, 0.1) is 19.8 Å². The number of carbonyl (C=O) groups excluding carboxylic acids is 3.